The Labute approximate surface area is 114 Å². The Hall–Kier alpha value is -1.80. The second-order valence-corrected chi connectivity index (χ2v) is 5.41. The van der Waals surface area contributed by atoms with Crippen molar-refractivity contribution in [1.29, 1.82) is 0 Å². The molecule has 19 heavy (non-hydrogen) atoms. The summed E-state index contributed by atoms with van der Waals surface area (Å²) in [6, 6.07) is 14.7. The lowest BCUT2D eigenvalue weighted by Gasteiger charge is -2.30. The van der Waals surface area contributed by atoms with E-state index in [9.17, 15) is 0 Å². The van der Waals surface area contributed by atoms with Gasteiger partial charge in [-0.15, -0.1) is 0 Å². The van der Waals surface area contributed by atoms with Crippen LogP contribution in [-0.4, -0.2) is 0 Å². The highest BCUT2D eigenvalue weighted by Gasteiger charge is 2.26. The minimum atomic E-state index is 0.0516. The molecule has 2 aromatic carbocycles. The summed E-state index contributed by atoms with van der Waals surface area (Å²) in [6.45, 7) is 4.24. The largest absolute Gasteiger partial charge is 0.485 e. The first-order chi connectivity index (χ1) is 9.13. The van der Waals surface area contributed by atoms with E-state index in [0.717, 1.165) is 17.7 Å². The average Bonchev–Trinajstić information content (AvgIpc) is 2.37. The topological polar surface area (TPSA) is 35.2 Å². The molecule has 2 aromatic rings. The summed E-state index contributed by atoms with van der Waals surface area (Å²) in [7, 11) is 0. The highest BCUT2D eigenvalue weighted by molar-refractivity contribution is 5.40. The summed E-state index contributed by atoms with van der Waals surface area (Å²) in [5.74, 6) is 0.922. The van der Waals surface area contributed by atoms with E-state index >= 15 is 0 Å². The Bertz CT molecular complexity index is 586. The lowest BCUT2D eigenvalue weighted by atomic mass is 9.92. The summed E-state index contributed by atoms with van der Waals surface area (Å²) < 4.78 is 6.12. The lowest BCUT2D eigenvalue weighted by molar-refractivity contribution is 0.161. The highest BCUT2D eigenvalue weighted by Crippen LogP contribution is 2.39. The van der Waals surface area contributed by atoms with E-state index in [-0.39, 0.29) is 12.1 Å². The molecule has 0 aliphatic carbocycles. The molecule has 2 atom stereocenters. The Morgan fingerprint density at radius 2 is 1.74 bits per heavy atom. The van der Waals surface area contributed by atoms with Crippen molar-refractivity contribution >= 4 is 0 Å². The molecule has 2 nitrogen and oxygen atoms in total. The molecule has 0 amide bonds. The van der Waals surface area contributed by atoms with Crippen molar-refractivity contribution in [2.45, 2.75) is 32.4 Å². The normalized spacial score (nSPS) is 21.6. The van der Waals surface area contributed by atoms with Crippen LogP contribution in [-0.2, 0) is 0 Å². The zero-order chi connectivity index (χ0) is 13.4. The van der Waals surface area contributed by atoms with Crippen molar-refractivity contribution in [3.05, 3.63) is 64.7 Å². The van der Waals surface area contributed by atoms with E-state index in [1.54, 1.807) is 0 Å². The fraction of sp³-hybridized carbons (Fsp3) is 0.294. The van der Waals surface area contributed by atoms with E-state index in [0.29, 0.717) is 0 Å². The Kier molecular flexibility index (Phi) is 3.03. The van der Waals surface area contributed by atoms with Gasteiger partial charge in [-0.2, -0.15) is 0 Å². The number of fused-ring (bicyclic) bond motifs is 1. The second kappa shape index (κ2) is 4.71. The van der Waals surface area contributed by atoms with E-state index in [1.165, 1.54) is 16.7 Å². The maximum absolute atomic E-state index is 6.27. The van der Waals surface area contributed by atoms with Gasteiger partial charge in [-0.25, -0.2) is 0 Å². The third-order valence-corrected chi connectivity index (χ3v) is 3.67. The first-order valence-corrected chi connectivity index (χ1v) is 6.73. The van der Waals surface area contributed by atoms with Crippen LogP contribution in [0.2, 0.25) is 0 Å². The summed E-state index contributed by atoms with van der Waals surface area (Å²) in [6.07, 6.45) is 0.892. The number of ether oxygens (including phenoxy) is 1. The van der Waals surface area contributed by atoms with Gasteiger partial charge in [0.05, 0.1) is 0 Å². The van der Waals surface area contributed by atoms with Crippen molar-refractivity contribution in [2.75, 3.05) is 0 Å². The van der Waals surface area contributed by atoms with Crippen LogP contribution in [0.4, 0.5) is 0 Å². The molecule has 2 heteroatoms. The van der Waals surface area contributed by atoms with Gasteiger partial charge in [-0.1, -0.05) is 47.5 Å². The van der Waals surface area contributed by atoms with Crippen LogP contribution < -0.4 is 10.5 Å². The van der Waals surface area contributed by atoms with Gasteiger partial charge in [0, 0.05) is 18.0 Å². The van der Waals surface area contributed by atoms with Crippen LogP contribution in [0.25, 0.3) is 0 Å². The number of hydrogen-bond acceptors (Lipinski definition) is 2. The van der Waals surface area contributed by atoms with Crippen molar-refractivity contribution in [3.8, 4) is 5.75 Å². The molecule has 3 rings (SSSR count). The van der Waals surface area contributed by atoms with Gasteiger partial charge in [0.1, 0.15) is 11.9 Å². The predicted octanol–water partition coefficient (Wildman–Crippen LogP) is 3.83. The van der Waals surface area contributed by atoms with Crippen molar-refractivity contribution < 1.29 is 4.74 Å². The fourth-order valence-corrected chi connectivity index (χ4v) is 2.85. The van der Waals surface area contributed by atoms with E-state index in [2.05, 4.69) is 38.1 Å². The predicted molar refractivity (Wildman–Crippen MR) is 77.3 cm³/mol. The third-order valence-electron chi connectivity index (χ3n) is 3.67. The average molecular weight is 253 g/mol. The quantitative estimate of drug-likeness (QED) is 0.838. The molecule has 1 heterocycles. The summed E-state index contributed by atoms with van der Waals surface area (Å²) >= 11 is 0. The molecule has 1 aliphatic heterocycles. The molecule has 0 bridgehead atoms. The molecule has 0 aromatic heterocycles. The molecule has 0 saturated heterocycles. The molecule has 0 saturated carbocycles. The third kappa shape index (κ3) is 2.36. The van der Waals surface area contributed by atoms with Crippen molar-refractivity contribution in [1.82, 2.24) is 0 Å². The number of rotatable bonds is 1. The van der Waals surface area contributed by atoms with Crippen LogP contribution in [0.15, 0.2) is 42.5 Å². The Balaban J connectivity index is 1.96. The molecular formula is C17H19NO. The fourth-order valence-electron chi connectivity index (χ4n) is 2.85. The summed E-state index contributed by atoms with van der Waals surface area (Å²) in [5.41, 5.74) is 11.1. The SMILES string of the molecule is Cc1cc(C)cc(C2C[C@H](N)c3ccccc3O2)c1. The zero-order valence-corrected chi connectivity index (χ0v) is 11.4. The minimum Gasteiger partial charge on any atom is -0.485 e. The van der Waals surface area contributed by atoms with E-state index in [1.807, 2.05) is 18.2 Å². The number of nitrogens with two attached hydrogens (primary N) is 1. The van der Waals surface area contributed by atoms with Gasteiger partial charge in [0.15, 0.2) is 0 Å². The standard InChI is InChI=1S/C17H19NO/c1-11-7-12(2)9-13(8-11)17-10-15(18)14-5-3-4-6-16(14)19-17/h3-9,15,17H,10,18H2,1-2H3/t15-,17?/m0/s1. The monoisotopic (exact) mass is 253 g/mol. The smallest absolute Gasteiger partial charge is 0.126 e. The zero-order valence-electron chi connectivity index (χ0n) is 11.4. The molecular weight excluding hydrogens is 234 g/mol. The van der Waals surface area contributed by atoms with Crippen molar-refractivity contribution in [2.24, 2.45) is 5.73 Å². The Morgan fingerprint density at radius 1 is 1.05 bits per heavy atom. The second-order valence-electron chi connectivity index (χ2n) is 5.41. The molecule has 2 N–H and O–H groups in total. The van der Waals surface area contributed by atoms with Crippen LogP contribution in [0.3, 0.4) is 0 Å². The number of aryl methyl sites for hydroxylation is 2. The molecule has 1 unspecified atom stereocenters. The molecule has 1 aliphatic rings. The first-order valence-electron chi connectivity index (χ1n) is 6.73. The molecule has 0 fully saturated rings. The number of benzene rings is 2. The van der Waals surface area contributed by atoms with Crippen LogP contribution in [0.1, 0.15) is 40.8 Å². The summed E-state index contributed by atoms with van der Waals surface area (Å²) in [5, 5.41) is 0. The maximum atomic E-state index is 6.27. The van der Waals surface area contributed by atoms with Crippen LogP contribution >= 0.6 is 0 Å². The highest BCUT2D eigenvalue weighted by atomic mass is 16.5. The van der Waals surface area contributed by atoms with Crippen LogP contribution in [0, 0.1) is 13.8 Å². The Morgan fingerprint density at radius 3 is 2.47 bits per heavy atom. The molecule has 0 spiro atoms. The molecule has 0 radical (unpaired) electrons. The molecule has 98 valence electrons. The number of para-hydroxylation sites is 1. The first kappa shape index (κ1) is 12.2. The summed E-state index contributed by atoms with van der Waals surface area (Å²) in [4.78, 5) is 0. The lowest BCUT2D eigenvalue weighted by Crippen LogP contribution is -2.24. The van der Waals surface area contributed by atoms with Crippen molar-refractivity contribution in [3.63, 3.8) is 0 Å². The van der Waals surface area contributed by atoms with Crippen LogP contribution in [0.5, 0.6) is 5.75 Å². The van der Waals surface area contributed by atoms with Gasteiger partial charge >= 0.3 is 0 Å². The van der Waals surface area contributed by atoms with E-state index < -0.39 is 0 Å². The van der Waals surface area contributed by atoms with Gasteiger partial charge in [0.2, 0.25) is 0 Å². The minimum absolute atomic E-state index is 0.0516. The number of hydrogen-bond donors (Lipinski definition) is 1. The van der Waals surface area contributed by atoms with Gasteiger partial charge in [-0.05, 0) is 25.5 Å². The van der Waals surface area contributed by atoms with E-state index in [4.69, 9.17) is 10.5 Å². The van der Waals surface area contributed by atoms with Gasteiger partial charge in [0.25, 0.3) is 0 Å². The maximum Gasteiger partial charge on any atom is 0.126 e. The van der Waals surface area contributed by atoms with Gasteiger partial charge < -0.3 is 10.5 Å². The van der Waals surface area contributed by atoms with Gasteiger partial charge in [-0.3, -0.25) is 0 Å².